The van der Waals surface area contributed by atoms with E-state index < -0.39 is 101 Å². The fraction of sp³-hybridized carbons (Fsp3) is 0.364. The molecule has 0 spiro atoms. The summed E-state index contributed by atoms with van der Waals surface area (Å²) in [6.07, 6.45) is -8.06. The summed E-state index contributed by atoms with van der Waals surface area (Å²) in [6, 6.07) is 5.42. The van der Waals surface area contributed by atoms with E-state index in [2.05, 4.69) is 31.9 Å². The van der Waals surface area contributed by atoms with Gasteiger partial charge in [-0.05, 0) is 50.1 Å². The molecule has 4 rings (SSSR count). The zero-order chi connectivity index (χ0) is 37.9. The zero-order valence-corrected chi connectivity index (χ0v) is 30.9. The molecule has 5 unspecified atom stereocenters. The van der Waals surface area contributed by atoms with Crippen molar-refractivity contribution in [2.45, 2.75) is 72.1 Å². The number of hydrogen-bond donors (Lipinski definition) is 1. The van der Waals surface area contributed by atoms with Crippen molar-refractivity contribution in [3.05, 3.63) is 49.0 Å². The van der Waals surface area contributed by atoms with Gasteiger partial charge in [-0.15, -0.1) is 0 Å². The molecule has 1 fully saturated rings. The van der Waals surface area contributed by atoms with Crippen LogP contribution in [-0.4, -0.2) is 71.9 Å². The number of halogens is 2. The van der Waals surface area contributed by atoms with E-state index in [0.29, 0.717) is 4.47 Å². The molecule has 0 saturated carbocycles. The summed E-state index contributed by atoms with van der Waals surface area (Å²) in [6.45, 7) is 5.88. The number of carbonyl (C=O) groups is 6. The summed E-state index contributed by atoms with van der Waals surface area (Å²) >= 11 is 6.48. The van der Waals surface area contributed by atoms with Crippen LogP contribution in [0.2, 0.25) is 0 Å². The number of fused-ring (bicyclic) bond motifs is 1. The smallest absolute Gasteiger partial charge is 0.308 e. The van der Waals surface area contributed by atoms with Crippen molar-refractivity contribution >= 4 is 78.6 Å². The third-order valence-electron chi connectivity index (χ3n) is 7.07. The highest BCUT2D eigenvalue weighted by Gasteiger charge is 2.54. The quantitative estimate of drug-likeness (QED) is 0.180. The van der Waals surface area contributed by atoms with Crippen LogP contribution in [-0.2, 0) is 52.5 Å². The highest BCUT2D eigenvalue weighted by atomic mass is 79.9. The van der Waals surface area contributed by atoms with Crippen LogP contribution < -0.4 is 14.9 Å². The maximum atomic E-state index is 13.8. The van der Waals surface area contributed by atoms with E-state index in [1.54, 1.807) is 0 Å². The molecule has 0 aliphatic carbocycles. The number of benzene rings is 2. The van der Waals surface area contributed by atoms with Gasteiger partial charge in [0.1, 0.15) is 45.9 Å². The highest BCUT2D eigenvalue weighted by molar-refractivity contribution is 9.11. The van der Waals surface area contributed by atoms with Crippen LogP contribution in [0.5, 0.6) is 17.2 Å². The molecule has 3 aromatic rings. The predicted octanol–water partition coefficient (Wildman–Crippen LogP) is 4.34. The van der Waals surface area contributed by atoms with Gasteiger partial charge in [-0.25, -0.2) is 0 Å². The maximum absolute atomic E-state index is 13.8. The molecule has 0 bridgehead atoms. The number of hydrogen-bond acceptors (Lipinski definition) is 16. The van der Waals surface area contributed by atoms with Crippen LogP contribution in [0.4, 0.5) is 0 Å². The Labute approximate surface area is 305 Å². The highest BCUT2D eigenvalue weighted by Crippen LogP contribution is 2.50. The van der Waals surface area contributed by atoms with Gasteiger partial charge in [0.15, 0.2) is 35.1 Å². The molecule has 16 nitrogen and oxygen atoms in total. The van der Waals surface area contributed by atoms with Crippen LogP contribution in [0.25, 0.3) is 22.3 Å². The molecule has 0 radical (unpaired) electrons. The van der Waals surface area contributed by atoms with Crippen molar-refractivity contribution in [1.82, 2.24) is 0 Å². The number of phenolic OH excluding ortho intramolecular Hbond substituents is 1. The van der Waals surface area contributed by atoms with Crippen molar-refractivity contribution < 1.29 is 71.4 Å². The van der Waals surface area contributed by atoms with Crippen molar-refractivity contribution in [2.24, 2.45) is 0 Å². The summed E-state index contributed by atoms with van der Waals surface area (Å²) in [4.78, 5) is 86.9. The first-order chi connectivity index (χ1) is 23.9. The lowest BCUT2D eigenvalue weighted by molar-refractivity contribution is -0.254. The molecule has 1 aromatic heterocycles. The van der Waals surface area contributed by atoms with Crippen LogP contribution in [0, 0.1) is 0 Å². The van der Waals surface area contributed by atoms with E-state index in [1.165, 1.54) is 25.1 Å². The maximum Gasteiger partial charge on any atom is 0.308 e. The fourth-order valence-electron chi connectivity index (χ4n) is 5.34. The van der Waals surface area contributed by atoms with Gasteiger partial charge in [0.05, 0.1) is 10.0 Å². The number of carbonyl (C=O) groups excluding carboxylic acids is 6. The topological polar surface area (TPSA) is 217 Å². The third kappa shape index (κ3) is 8.92. The number of aromatic hydroxyl groups is 1. The lowest BCUT2D eigenvalue weighted by Gasteiger charge is -2.44. The van der Waals surface area contributed by atoms with Crippen molar-refractivity contribution in [1.29, 1.82) is 0 Å². The number of esters is 6. The molecule has 0 amide bonds. The van der Waals surface area contributed by atoms with Gasteiger partial charge in [-0.3, -0.25) is 33.6 Å². The van der Waals surface area contributed by atoms with Gasteiger partial charge in [0.2, 0.25) is 0 Å². The van der Waals surface area contributed by atoms with Gasteiger partial charge in [0, 0.05) is 53.2 Å². The monoisotopic (exact) mass is 840 g/mol. The largest absolute Gasteiger partial charge is 0.506 e. The number of rotatable bonds is 9. The van der Waals surface area contributed by atoms with E-state index in [-0.39, 0.29) is 27.1 Å². The second kappa shape index (κ2) is 16.0. The Morgan fingerprint density at radius 1 is 0.765 bits per heavy atom. The third-order valence-corrected chi connectivity index (χ3v) is 8.43. The second-order valence-electron chi connectivity index (χ2n) is 11.0. The molecule has 1 N–H and O–H groups in total. The molecule has 2 aromatic carbocycles. The summed E-state index contributed by atoms with van der Waals surface area (Å²) in [5.74, 6) is -6.08. The van der Waals surface area contributed by atoms with E-state index in [1.807, 2.05) is 0 Å². The lowest BCUT2D eigenvalue weighted by Crippen LogP contribution is -2.59. The molecular weight excluding hydrogens is 812 g/mol. The Balaban J connectivity index is 2.11. The zero-order valence-electron chi connectivity index (χ0n) is 27.7. The molecule has 18 heteroatoms. The van der Waals surface area contributed by atoms with E-state index >= 15 is 0 Å². The molecule has 1 aliphatic rings. The normalized spacial score (nSPS) is 19.8. The minimum absolute atomic E-state index is 0.107. The minimum atomic E-state index is -1.72. The minimum Gasteiger partial charge on any atom is -0.506 e. The number of phenols is 1. The molecule has 51 heavy (non-hydrogen) atoms. The van der Waals surface area contributed by atoms with Crippen molar-refractivity contribution in [3.8, 4) is 28.6 Å². The summed E-state index contributed by atoms with van der Waals surface area (Å²) in [7, 11) is 0. The summed E-state index contributed by atoms with van der Waals surface area (Å²) < 4.78 is 45.0. The van der Waals surface area contributed by atoms with Crippen molar-refractivity contribution in [3.63, 3.8) is 0 Å². The molecular formula is C33H30Br2O16. The molecule has 2 heterocycles. The average Bonchev–Trinajstić information content (AvgIpc) is 3.01. The van der Waals surface area contributed by atoms with E-state index in [0.717, 1.165) is 40.7 Å². The molecule has 5 atom stereocenters. The molecule has 1 aliphatic heterocycles. The number of ether oxygens (including phenoxy) is 7. The first-order valence-corrected chi connectivity index (χ1v) is 16.5. The average molecular weight is 842 g/mol. The fourth-order valence-corrected chi connectivity index (χ4v) is 6.30. The van der Waals surface area contributed by atoms with Gasteiger partial charge in [-0.1, -0.05) is 0 Å². The molecule has 1 saturated heterocycles. The first-order valence-electron chi connectivity index (χ1n) is 14.9. The van der Waals surface area contributed by atoms with Crippen LogP contribution in [0.1, 0.15) is 53.2 Å². The van der Waals surface area contributed by atoms with E-state index in [9.17, 15) is 38.7 Å². The Morgan fingerprint density at radius 3 is 1.90 bits per heavy atom. The van der Waals surface area contributed by atoms with Crippen LogP contribution in [0.15, 0.2) is 42.4 Å². The second-order valence-corrected chi connectivity index (χ2v) is 12.7. The van der Waals surface area contributed by atoms with Gasteiger partial charge >= 0.3 is 35.8 Å². The lowest BCUT2D eigenvalue weighted by atomic mass is 9.89. The van der Waals surface area contributed by atoms with Crippen LogP contribution in [0.3, 0.4) is 0 Å². The summed E-state index contributed by atoms with van der Waals surface area (Å²) in [5.41, 5.74) is -1.28. The Hall–Kier alpha value is -4.81. The van der Waals surface area contributed by atoms with Gasteiger partial charge in [-0.2, -0.15) is 0 Å². The van der Waals surface area contributed by atoms with E-state index in [4.69, 9.17) is 37.6 Å². The predicted molar refractivity (Wildman–Crippen MR) is 179 cm³/mol. The Bertz CT molecular complexity index is 1990. The van der Waals surface area contributed by atoms with Gasteiger partial charge in [0.25, 0.3) is 0 Å². The molecule has 272 valence electrons. The van der Waals surface area contributed by atoms with Gasteiger partial charge < -0.3 is 42.7 Å². The Kier molecular flexibility index (Phi) is 12.3. The SMILES string of the molecule is CC(=O)OCC1OC(c2c(OC(C)=O)c(Br)c(O)c3c(=O)cc(-c4ccc(OC(C)=O)c(Br)c4)oc23)C(OC(C)=O)C(OC(C)=O)C1OC(C)=O. The Morgan fingerprint density at radius 2 is 1.35 bits per heavy atom. The standard InChI is InChI=1S/C33H30Br2O16/c1-12(36)44-11-23-28(46-14(3)38)32(48-16(5)40)33(49-17(6)41)31(51-23)25-29-24(27(43)26(35)30(25)47-15(4)39)20(42)10-22(50-29)18-7-8-21(19(34)9-18)45-13(2)37/h7-10,23,28,31-33,43H,11H2,1-6H3. The van der Waals surface area contributed by atoms with Crippen molar-refractivity contribution in [2.75, 3.05) is 6.61 Å². The van der Waals surface area contributed by atoms with Crippen LogP contribution >= 0.6 is 31.9 Å². The first kappa shape index (κ1) is 39.0. The summed E-state index contributed by atoms with van der Waals surface area (Å²) in [5, 5.41) is 10.8.